The molecule has 0 aliphatic carbocycles. The van der Waals surface area contributed by atoms with Crippen LogP contribution in [-0.4, -0.2) is 17.9 Å². The number of benzene rings is 2. The van der Waals surface area contributed by atoms with Crippen LogP contribution in [0, 0.1) is 0 Å². The standard InChI is InChI=1S/C18H16ClF3N2O2/c1-11(24-17(26)13-5-7-15(19)8-6-13)16(25)23-10-12-3-2-4-14(9-12)18(20,21)22/h2-9,11H,10H2,1H3,(H,23,25)(H,24,26)/t11-/m0/s1. The van der Waals surface area contributed by atoms with Crippen molar-refractivity contribution < 1.29 is 22.8 Å². The van der Waals surface area contributed by atoms with Gasteiger partial charge in [-0.05, 0) is 48.9 Å². The predicted octanol–water partition coefficient (Wildman–Crippen LogP) is 3.79. The van der Waals surface area contributed by atoms with E-state index in [1.807, 2.05) is 0 Å². The average molecular weight is 385 g/mol. The number of rotatable bonds is 5. The molecule has 0 aromatic heterocycles. The van der Waals surface area contributed by atoms with E-state index in [4.69, 9.17) is 11.6 Å². The summed E-state index contributed by atoms with van der Waals surface area (Å²) in [7, 11) is 0. The molecule has 0 aliphatic rings. The topological polar surface area (TPSA) is 58.2 Å². The molecule has 0 unspecified atom stereocenters. The van der Waals surface area contributed by atoms with Crippen LogP contribution in [0.5, 0.6) is 0 Å². The number of hydrogen-bond acceptors (Lipinski definition) is 2. The van der Waals surface area contributed by atoms with Gasteiger partial charge in [0.2, 0.25) is 5.91 Å². The van der Waals surface area contributed by atoms with E-state index in [0.717, 1.165) is 12.1 Å². The zero-order valence-corrected chi connectivity index (χ0v) is 14.5. The summed E-state index contributed by atoms with van der Waals surface area (Å²) in [5.41, 5.74) is -0.135. The van der Waals surface area contributed by atoms with Crippen LogP contribution in [0.4, 0.5) is 13.2 Å². The molecule has 0 fully saturated rings. The Bertz CT molecular complexity index is 792. The minimum absolute atomic E-state index is 0.0795. The van der Waals surface area contributed by atoms with Gasteiger partial charge in [-0.2, -0.15) is 13.2 Å². The first kappa shape index (κ1) is 19.8. The molecule has 8 heteroatoms. The summed E-state index contributed by atoms with van der Waals surface area (Å²) in [4.78, 5) is 24.1. The Kier molecular flexibility index (Phi) is 6.26. The zero-order chi connectivity index (χ0) is 19.3. The Hall–Kier alpha value is -2.54. The van der Waals surface area contributed by atoms with Gasteiger partial charge in [0, 0.05) is 17.1 Å². The minimum atomic E-state index is -4.44. The molecule has 138 valence electrons. The van der Waals surface area contributed by atoms with Crippen LogP contribution in [0.2, 0.25) is 5.02 Å². The Morgan fingerprint density at radius 3 is 2.38 bits per heavy atom. The van der Waals surface area contributed by atoms with Gasteiger partial charge in [-0.3, -0.25) is 9.59 Å². The highest BCUT2D eigenvalue weighted by Crippen LogP contribution is 2.29. The lowest BCUT2D eigenvalue weighted by molar-refractivity contribution is -0.137. The highest BCUT2D eigenvalue weighted by Gasteiger charge is 2.30. The van der Waals surface area contributed by atoms with E-state index in [1.54, 1.807) is 12.1 Å². The summed E-state index contributed by atoms with van der Waals surface area (Å²) in [6, 6.07) is 9.96. The van der Waals surface area contributed by atoms with E-state index in [2.05, 4.69) is 10.6 Å². The predicted molar refractivity (Wildman–Crippen MR) is 91.7 cm³/mol. The fraction of sp³-hybridized carbons (Fsp3) is 0.222. The van der Waals surface area contributed by atoms with Gasteiger partial charge in [0.15, 0.2) is 0 Å². The summed E-state index contributed by atoms with van der Waals surface area (Å²) in [5, 5.41) is 5.49. The first-order valence-corrected chi connectivity index (χ1v) is 8.05. The second-order valence-corrected chi connectivity index (χ2v) is 6.05. The van der Waals surface area contributed by atoms with Gasteiger partial charge < -0.3 is 10.6 Å². The number of hydrogen-bond donors (Lipinski definition) is 2. The normalized spacial score (nSPS) is 12.3. The van der Waals surface area contributed by atoms with E-state index in [0.29, 0.717) is 16.1 Å². The number of nitrogens with one attached hydrogen (secondary N) is 2. The molecule has 0 aliphatic heterocycles. The molecule has 2 aromatic rings. The maximum absolute atomic E-state index is 12.7. The monoisotopic (exact) mass is 384 g/mol. The summed E-state index contributed by atoms with van der Waals surface area (Å²) in [6.45, 7) is 1.40. The van der Waals surface area contributed by atoms with Crippen molar-refractivity contribution in [1.29, 1.82) is 0 Å². The lowest BCUT2D eigenvalue weighted by atomic mass is 10.1. The van der Waals surface area contributed by atoms with Crippen molar-refractivity contribution in [3.63, 3.8) is 0 Å². The third-order valence-electron chi connectivity index (χ3n) is 3.57. The highest BCUT2D eigenvalue weighted by atomic mass is 35.5. The molecule has 26 heavy (non-hydrogen) atoms. The van der Waals surface area contributed by atoms with Crippen molar-refractivity contribution >= 4 is 23.4 Å². The van der Waals surface area contributed by atoms with Crippen LogP contribution in [0.1, 0.15) is 28.4 Å². The number of halogens is 4. The molecular formula is C18H16ClF3N2O2. The number of carbonyl (C=O) groups is 2. The van der Waals surface area contributed by atoms with Crippen LogP contribution in [0.3, 0.4) is 0 Å². The first-order valence-electron chi connectivity index (χ1n) is 7.67. The number of alkyl halides is 3. The summed E-state index contributed by atoms with van der Waals surface area (Å²) in [5.74, 6) is -0.965. The zero-order valence-electron chi connectivity index (χ0n) is 13.7. The molecule has 0 radical (unpaired) electrons. The summed E-state index contributed by atoms with van der Waals surface area (Å²) >= 11 is 5.75. The maximum Gasteiger partial charge on any atom is 0.416 e. The van der Waals surface area contributed by atoms with E-state index >= 15 is 0 Å². The Morgan fingerprint density at radius 2 is 1.77 bits per heavy atom. The van der Waals surface area contributed by atoms with Crippen LogP contribution < -0.4 is 10.6 Å². The van der Waals surface area contributed by atoms with Crippen molar-refractivity contribution in [2.45, 2.75) is 25.7 Å². The molecule has 0 saturated heterocycles. The van der Waals surface area contributed by atoms with Crippen molar-refractivity contribution in [2.24, 2.45) is 0 Å². The third kappa shape index (κ3) is 5.49. The first-order chi connectivity index (χ1) is 12.2. The van der Waals surface area contributed by atoms with Gasteiger partial charge in [-0.1, -0.05) is 23.7 Å². The second-order valence-electron chi connectivity index (χ2n) is 5.62. The van der Waals surface area contributed by atoms with E-state index in [1.165, 1.54) is 31.2 Å². The van der Waals surface area contributed by atoms with Crippen LogP contribution in [0.25, 0.3) is 0 Å². The van der Waals surface area contributed by atoms with Gasteiger partial charge in [-0.25, -0.2) is 0 Å². The van der Waals surface area contributed by atoms with Crippen molar-refractivity contribution in [3.8, 4) is 0 Å². The maximum atomic E-state index is 12.7. The van der Waals surface area contributed by atoms with Crippen LogP contribution in [-0.2, 0) is 17.5 Å². The number of amides is 2. The summed E-state index contributed by atoms with van der Waals surface area (Å²) < 4.78 is 38.0. The quantitative estimate of drug-likeness (QED) is 0.824. The number of carbonyl (C=O) groups excluding carboxylic acids is 2. The van der Waals surface area contributed by atoms with Crippen LogP contribution >= 0.6 is 11.6 Å². The molecule has 2 N–H and O–H groups in total. The van der Waals surface area contributed by atoms with Crippen LogP contribution in [0.15, 0.2) is 48.5 Å². The van der Waals surface area contributed by atoms with E-state index in [9.17, 15) is 22.8 Å². The molecule has 2 rings (SSSR count). The largest absolute Gasteiger partial charge is 0.416 e. The van der Waals surface area contributed by atoms with Crippen molar-refractivity contribution in [1.82, 2.24) is 10.6 Å². The molecule has 0 spiro atoms. The van der Waals surface area contributed by atoms with Gasteiger partial charge in [0.25, 0.3) is 5.91 Å². The Labute approximate surface area is 153 Å². The fourth-order valence-corrected chi connectivity index (χ4v) is 2.27. The Morgan fingerprint density at radius 1 is 1.12 bits per heavy atom. The van der Waals surface area contributed by atoms with Gasteiger partial charge in [0.1, 0.15) is 6.04 Å². The van der Waals surface area contributed by atoms with Gasteiger partial charge in [-0.15, -0.1) is 0 Å². The molecule has 0 saturated carbocycles. The molecular weight excluding hydrogens is 369 g/mol. The summed E-state index contributed by atoms with van der Waals surface area (Å²) in [6.07, 6.45) is -4.44. The molecule has 1 atom stereocenters. The lowest BCUT2D eigenvalue weighted by Gasteiger charge is -2.15. The van der Waals surface area contributed by atoms with Crippen molar-refractivity contribution in [3.05, 3.63) is 70.2 Å². The molecule has 0 bridgehead atoms. The fourth-order valence-electron chi connectivity index (χ4n) is 2.15. The highest BCUT2D eigenvalue weighted by molar-refractivity contribution is 6.30. The Balaban J connectivity index is 1.91. The van der Waals surface area contributed by atoms with E-state index < -0.39 is 29.6 Å². The molecule has 4 nitrogen and oxygen atoms in total. The van der Waals surface area contributed by atoms with Crippen molar-refractivity contribution in [2.75, 3.05) is 0 Å². The smallest absolute Gasteiger partial charge is 0.350 e. The van der Waals surface area contributed by atoms with Gasteiger partial charge in [0.05, 0.1) is 5.56 Å². The van der Waals surface area contributed by atoms with E-state index in [-0.39, 0.29) is 6.54 Å². The van der Waals surface area contributed by atoms with Gasteiger partial charge >= 0.3 is 6.18 Å². The lowest BCUT2D eigenvalue weighted by Crippen LogP contribution is -2.44. The SMILES string of the molecule is C[C@H](NC(=O)c1ccc(Cl)cc1)C(=O)NCc1cccc(C(F)(F)F)c1. The third-order valence-corrected chi connectivity index (χ3v) is 3.82. The molecule has 0 heterocycles. The molecule has 2 amide bonds. The second kappa shape index (κ2) is 8.23. The average Bonchev–Trinajstić information content (AvgIpc) is 2.59. The molecule has 2 aromatic carbocycles. The minimum Gasteiger partial charge on any atom is -0.350 e.